The van der Waals surface area contributed by atoms with Crippen LogP contribution in [0, 0.1) is 6.92 Å². The highest BCUT2D eigenvalue weighted by atomic mass is 35.5. The normalized spacial score (nSPS) is 11.8. The van der Waals surface area contributed by atoms with Crippen molar-refractivity contribution >= 4 is 23.4 Å². The van der Waals surface area contributed by atoms with E-state index in [1.807, 2.05) is 45.0 Å². The molecule has 0 heterocycles. The Kier molecular flexibility index (Phi) is 9.18. The summed E-state index contributed by atoms with van der Waals surface area (Å²) in [6, 6.07) is 14.6. The molecule has 1 atom stereocenters. The second-order valence-electron chi connectivity index (χ2n) is 7.76. The molecule has 0 unspecified atom stereocenters. The Balaban J connectivity index is 1.99. The van der Waals surface area contributed by atoms with Gasteiger partial charge in [-0.25, -0.2) is 0 Å². The lowest BCUT2D eigenvalue weighted by Gasteiger charge is -2.29. The molecule has 162 valence electrons. The average molecular weight is 431 g/mol. The van der Waals surface area contributed by atoms with Gasteiger partial charge < -0.3 is 15.0 Å². The van der Waals surface area contributed by atoms with Crippen LogP contribution in [0.5, 0.6) is 5.75 Å². The van der Waals surface area contributed by atoms with Crippen molar-refractivity contribution in [1.29, 1.82) is 0 Å². The monoisotopic (exact) mass is 430 g/mol. The topological polar surface area (TPSA) is 58.6 Å². The maximum Gasteiger partial charge on any atom is 0.242 e. The second kappa shape index (κ2) is 11.6. The van der Waals surface area contributed by atoms with Gasteiger partial charge in [0, 0.05) is 24.0 Å². The van der Waals surface area contributed by atoms with Gasteiger partial charge in [0.15, 0.2) is 0 Å². The average Bonchev–Trinajstić information content (AvgIpc) is 2.69. The van der Waals surface area contributed by atoms with Crippen LogP contribution in [0.15, 0.2) is 48.5 Å². The molecular weight excluding hydrogens is 400 g/mol. The fourth-order valence-corrected chi connectivity index (χ4v) is 3.21. The fourth-order valence-electron chi connectivity index (χ4n) is 3.08. The van der Waals surface area contributed by atoms with Crippen LogP contribution in [-0.4, -0.2) is 35.4 Å². The third-order valence-electron chi connectivity index (χ3n) is 4.65. The summed E-state index contributed by atoms with van der Waals surface area (Å²) in [5.41, 5.74) is 2.13. The molecule has 6 heteroatoms. The zero-order chi connectivity index (χ0) is 22.1. The molecule has 0 bridgehead atoms. The summed E-state index contributed by atoms with van der Waals surface area (Å²) in [5.74, 6) is 0.499. The number of hydrogen-bond acceptors (Lipinski definition) is 3. The molecule has 2 aromatic carbocycles. The number of nitrogens with one attached hydrogen (secondary N) is 1. The fraction of sp³-hybridized carbons (Fsp3) is 0.417. The number of carbonyl (C=O) groups excluding carboxylic acids is 2. The Morgan fingerprint density at radius 2 is 1.80 bits per heavy atom. The third kappa shape index (κ3) is 7.71. The molecule has 2 rings (SSSR count). The van der Waals surface area contributed by atoms with Crippen LogP contribution >= 0.6 is 11.6 Å². The molecular formula is C24H31ClN2O3. The largest absolute Gasteiger partial charge is 0.494 e. The van der Waals surface area contributed by atoms with E-state index in [0.29, 0.717) is 36.8 Å². The summed E-state index contributed by atoms with van der Waals surface area (Å²) >= 11 is 5.87. The Morgan fingerprint density at radius 3 is 2.43 bits per heavy atom. The Hall–Kier alpha value is -2.53. The molecule has 5 nitrogen and oxygen atoms in total. The van der Waals surface area contributed by atoms with Gasteiger partial charge in [-0.05, 0) is 63.9 Å². The predicted octanol–water partition coefficient (Wildman–Crippen LogP) is 4.75. The number of hydrogen-bond donors (Lipinski definition) is 1. The molecule has 0 spiro atoms. The number of rotatable bonds is 10. The van der Waals surface area contributed by atoms with Gasteiger partial charge in [-0.1, -0.05) is 41.4 Å². The molecule has 0 aliphatic carbocycles. The smallest absolute Gasteiger partial charge is 0.242 e. The van der Waals surface area contributed by atoms with Crippen molar-refractivity contribution in [2.75, 3.05) is 6.61 Å². The highest BCUT2D eigenvalue weighted by Gasteiger charge is 2.26. The number of ether oxygens (including phenoxy) is 1. The van der Waals surface area contributed by atoms with Gasteiger partial charge in [-0.15, -0.1) is 0 Å². The molecule has 0 aliphatic heterocycles. The van der Waals surface area contributed by atoms with Crippen molar-refractivity contribution in [2.24, 2.45) is 0 Å². The summed E-state index contributed by atoms with van der Waals surface area (Å²) in [4.78, 5) is 27.2. The van der Waals surface area contributed by atoms with E-state index in [4.69, 9.17) is 16.3 Å². The maximum atomic E-state index is 13.0. The highest BCUT2D eigenvalue weighted by molar-refractivity contribution is 6.30. The summed E-state index contributed by atoms with van der Waals surface area (Å²) in [5, 5.41) is 3.55. The number of nitrogens with zero attached hydrogens (tertiary/aromatic N) is 1. The first-order valence-electron chi connectivity index (χ1n) is 10.3. The van der Waals surface area contributed by atoms with Gasteiger partial charge in [-0.2, -0.15) is 0 Å². The first-order valence-corrected chi connectivity index (χ1v) is 10.7. The van der Waals surface area contributed by atoms with Gasteiger partial charge in [0.1, 0.15) is 11.8 Å². The number of amides is 2. The molecule has 0 saturated carbocycles. The molecule has 0 aromatic heterocycles. The van der Waals surface area contributed by atoms with Crippen LogP contribution in [-0.2, 0) is 16.1 Å². The van der Waals surface area contributed by atoms with Crippen molar-refractivity contribution < 1.29 is 14.3 Å². The summed E-state index contributed by atoms with van der Waals surface area (Å²) < 4.78 is 5.68. The molecule has 1 N–H and O–H groups in total. The molecule has 2 amide bonds. The maximum absolute atomic E-state index is 13.0. The summed E-state index contributed by atoms with van der Waals surface area (Å²) in [7, 11) is 0. The molecule has 0 fully saturated rings. The molecule has 2 aromatic rings. The predicted molar refractivity (Wildman–Crippen MR) is 121 cm³/mol. The van der Waals surface area contributed by atoms with E-state index < -0.39 is 6.04 Å². The molecule has 30 heavy (non-hydrogen) atoms. The highest BCUT2D eigenvalue weighted by Crippen LogP contribution is 2.17. The lowest BCUT2D eigenvalue weighted by Crippen LogP contribution is -2.49. The quantitative estimate of drug-likeness (QED) is 0.553. The van der Waals surface area contributed by atoms with E-state index in [1.165, 1.54) is 0 Å². The van der Waals surface area contributed by atoms with Crippen molar-refractivity contribution in [3.05, 3.63) is 64.7 Å². The Morgan fingerprint density at radius 1 is 1.10 bits per heavy atom. The van der Waals surface area contributed by atoms with Crippen molar-refractivity contribution in [1.82, 2.24) is 10.2 Å². The van der Waals surface area contributed by atoms with Crippen LogP contribution in [0.25, 0.3) is 0 Å². The van der Waals surface area contributed by atoms with E-state index >= 15 is 0 Å². The van der Waals surface area contributed by atoms with Crippen molar-refractivity contribution in [2.45, 2.75) is 59.2 Å². The second-order valence-corrected chi connectivity index (χ2v) is 8.19. The lowest BCUT2D eigenvalue weighted by molar-refractivity contribution is -0.141. The van der Waals surface area contributed by atoms with E-state index in [-0.39, 0.29) is 17.9 Å². The lowest BCUT2D eigenvalue weighted by atomic mass is 10.1. The van der Waals surface area contributed by atoms with Gasteiger partial charge >= 0.3 is 0 Å². The van der Waals surface area contributed by atoms with Crippen molar-refractivity contribution in [3.63, 3.8) is 0 Å². The van der Waals surface area contributed by atoms with Crippen LogP contribution in [0.3, 0.4) is 0 Å². The summed E-state index contributed by atoms with van der Waals surface area (Å²) in [6.07, 6.45) is 0.864. The zero-order valence-corrected chi connectivity index (χ0v) is 18.9. The van der Waals surface area contributed by atoms with E-state index in [1.54, 1.807) is 36.1 Å². The van der Waals surface area contributed by atoms with Gasteiger partial charge in [0.25, 0.3) is 0 Å². The molecule has 0 radical (unpaired) electrons. The molecule has 0 aliphatic rings. The first-order chi connectivity index (χ1) is 14.3. The SMILES string of the molecule is Cc1cccc(CN(C(=O)CCCOc2ccc(Cl)cc2)[C@@H](C)C(=O)NC(C)C)c1. The van der Waals surface area contributed by atoms with E-state index in [9.17, 15) is 9.59 Å². The van der Waals surface area contributed by atoms with Gasteiger partial charge in [0.2, 0.25) is 11.8 Å². The van der Waals surface area contributed by atoms with Gasteiger partial charge in [-0.3, -0.25) is 9.59 Å². The van der Waals surface area contributed by atoms with E-state index in [2.05, 4.69) is 5.32 Å². The van der Waals surface area contributed by atoms with Crippen LogP contribution in [0.4, 0.5) is 0 Å². The minimum atomic E-state index is -0.558. The Labute approximate surface area is 184 Å². The number of halogens is 1. The van der Waals surface area contributed by atoms with E-state index in [0.717, 1.165) is 11.1 Å². The van der Waals surface area contributed by atoms with Crippen LogP contribution in [0.2, 0.25) is 5.02 Å². The number of aryl methyl sites for hydroxylation is 1. The van der Waals surface area contributed by atoms with Crippen molar-refractivity contribution in [3.8, 4) is 5.75 Å². The van der Waals surface area contributed by atoms with Gasteiger partial charge in [0.05, 0.1) is 6.61 Å². The standard InChI is InChI=1S/C24H31ClN2O3/c1-17(2)26-24(29)19(4)27(16-20-8-5-7-18(3)15-20)23(28)9-6-14-30-22-12-10-21(25)11-13-22/h5,7-8,10-13,15,17,19H,6,9,14,16H2,1-4H3,(H,26,29)/t19-/m0/s1. The minimum absolute atomic E-state index is 0.0173. The van der Waals surface area contributed by atoms with Crippen LogP contribution in [0.1, 0.15) is 44.7 Å². The number of carbonyl (C=O) groups is 2. The first kappa shape index (κ1) is 23.7. The molecule has 0 saturated heterocycles. The third-order valence-corrected chi connectivity index (χ3v) is 4.90. The summed E-state index contributed by atoms with van der Waals surface area (Å²) in [6.45, 7) is 8.41. The zero-order valence-electron chi connectivity index (χ0n) is 18.2. The minimum Gasteiger partial charge on any atom is -0.494 e. The van der Waals surface area contributed by atoms with Crippen LogP contribution < -0.4 is 10.1 Å². The number of benzene rings is 2. The Bertz CT molecular complexity index is 837.